The minimum absolute atomic E-state index is 0.174. The summed E-state index contributed by atoms with van der Waals surface area (Å²) in [5.74, 6) is -2.09. The second kappa shape index (κ2) is 6.22. The normalized spacial score (nSPS) is 22.9. The van der Waals surface area contributed by atoms with Gasteiger partial charge in [0.1, 0.15) is 0 Å². The Morgan fingerprint density at radius 1 is 1.24 bits per heavy atom. The highest BCUT2D eigenvalue weighted by Gasteiger charge is 2.37. The van der Waals surface area contributed by atoms with E-state index in [-0.39, 0.29) is 12.5 Å². The molecule has 1 saturated heterocycles. The Labute approximate surface area is 143 Å². The van der Waals surface area contributed by atoms with E-state index in [1.807, 2.05) is 4.68 Å². The molecular weight excluding hydrogens is 328 g/mol. The van der Waals surface area contributed by atoms with Crippen molar-refractivity contribution in [3.05, 3.63) is 52.9 Å². The largest absolute Gasteiger partial charge is 0.391 e. The van der Waals surface area contributed by atoms with Gasteiger partial charge in [0.05, 0.1) is 29.6 Å². The fourth-order valence-electron chi connectivity index (χ4n) is 3.83. The molecule has 4 rings (SSSR count). The van der Waals surface area contributed by atoms with E-state index in [4.69, 9.17) is 0 Å². The topological polar surface area (TPSA) is 58.4 Å². The van der Waals surface area contributed by atoms with Gasteiger partial charge in [0.15, 0.2) is 11.6 Å². The zero-order valence-corrected chi connectivity index (χ0v) is 13.7. The summed E-state index contributed by atoms with van der Waals surface area (Å²) in [6.07, 6.45) is 4.06. The average molecular weight is 347 g/mol. The number of fused-ring (bicyclic) bond motifs is 1. The summed E-state index contributed by atoms with van der Waals surface area (Å²) in [6, 6.07) is 3.15. The summed E-state index contributed by atoms with van der Waals surface area (Å²) in [5, 5.41) is 14.3. The van der Waals surface area contributed by atoms with Gasteiger partial charge in [0.2, 0.25) is 0 Å². The molecule has 3 heterocycles. The van der Waals surface area contributed by atoms with Crippen LogP contribution in [0.5, 0.6) is 0 Å². The number of hydrogen-bond donors (Lipinski definition) is 1. The molecule has 2 aliphatic heterocycles. The molecule has 2 aliphatic rings. The first-order valence-electron chi connectivity index (χ1n) is 8.53. The number of likely N-dealkylation sites (tertiary alicyclic amines) is 1. The number of β-amino-alcohol motifs (C(OH)–C–C–N with tert-alkyl or cyclic N) is 1. The fraction of sp³-hybridized carbons (Fsp3) is 0.444. The maximum absolute atomic E-state index is 13.6. The van der Waals surface area contributed by atoms with E-state index >= 15 is 0 Å². The van der Waals surface area contributed by atoms with Gasteiger partial charge in [-0.1, -0.05) is 6.07 Å². The van der Waals surface area contributed by atoms with Crippen molar-refractivity contribution in [2.45, 2.75) is 44.4 Å². The number of amides is 1. The van der Waals surface area contributed by atoms with Gasteiger partial charge in [0, 0.05) is 13.1 Å². The summed E-state index contributed by atoms with van der Waals surface area (Å²) < 4.78 is 28.7. The molecule has 1 amide bonds. The smallest absolute Gasteiger partial charge is 0.257 e. The highest BCUT2D eigenvalue weighted by Crippen LogP contribution is 2.34. The maximum Gasteiger partial charge on any atom is 0.257 e. The second-order valence-electron chi connectivity index (χ2n) is 6.72. The number of aromatic nitrogens is 2. The van der Waals surface area contributed by atoms with Crippen LogP contribution in [0, 0.1) is 11.6 Å². The lowest BCUT2D eigenvalue weighted by molar-refractivity contribution is 0.0714. The Morgan fingerprint density at radius 2 is 2.08 bits per heavy atom. The molecule has 0 bridgehead atoms. The van der Waals surface area contributed by atoms with Crippen LogP contribution in [0.4, 0.5) is 8.78 Å². The molecular formula is C18H19F2N3O2. The number of aryl methyl sites for hydroxylation is 1. The van der Waals surface area contributed by atoms with E-state index in [9.17, 15) is 18.7 Å². The number of nitrogens with zero attached hydrogens (tertiary/aromatic N) is 3. The summed E-state index contributed by atoms with van der Waals surface area (Å²) in [6.45, 7) is 0.977. The van der Waals surface area contributed by atoms with Crippen LogP contribution in [0.1, 0.15) is 46.9 Å². The fourth-order valence-corrected chi connectivity index (χ4v) is 3.83. The zero-order chi connectivity index (χ0) is 17.6. The molecule has 1 aromatic heterocycles. The van der Waals surface area contributed by atoms with Gasteiger partial charge >= 0.3 is 0 Å². The molecule has 2 atom stereocenters. The van der Waals surface area contributed by atoms with E-state index in [0.29, 0.717) is 17.5 Å². The van der Waals surface area contributed by atoms with Crippen molar-refractivity contribution in [1.29, 1.82) is 0 Å². The van der Waals surface area contributed by atoms with Crippen molar-refractivity contribution in [3.8, 4) is 0 Å². The Bertz CT molecular complexity index is 821. The first-order chi connectivity index (χ1) is 12.0. The van der Waals surface area contributed by atoms with Crippen LogP contribution in [0.25, 0.3) is 0 Å². The van der Waals surface area contributed by atoms with Crippen LogP contribution in [0.2, 0.25) is 0 Å². The quantitative estimate of drug-likeness (QED) is 0.908. The Balaban J connectivity index is 1.66. The van der Waals surface area contributed by atoms with Gasteiger partial charge in [-0.25, -0.2) is 8.78 Å². The highest BCUT2D eigenvalue weighted by atomic mass is 19.2. The zero-order valence-electron chi connectivity index (χ0n) is 13.7. The summed E-state index contributed by atoms with van der Waals surface area (Å²) in [7, 11) is 0. The molecule has 5 nitrogen and oxygen atoms in total. The van der Waals surface area contributed by atoms with Crippen LogP contribution in [0.3, 0.4) is 0 Å². The van der Waals surface area contributed by atoms with Gasteiger partial charge in [0.25, 0.3) is 5.91 Å². The van der Waals surface area contributed by atoms with Crippen molar-refractivity contribution in [2.75, 3.05) is 6.54 Å². The Morgan fingerprint density at radius 3 is 2.88 bits per heavy atom. The third kappa shape index (κ3) is 2.82. The van der Waals surface area contributed by atoms with Gasteiger partial charge in [-0.2, -0.15) is 5.10 Å². The SMILES string of the molecule is O=C(c1cnn2c1CCCC2)N1CC(O)CC1c1ccc(F)c(F)c1. The highest BCUT2D eigenvalue weighted by molar-refractivity contribution is 5.95. The molecule has 0 radical (unpaired) electrons. The molecule has 0 spiro atoms. The van der Waals surface area contributed by atoms with Crippen LogP contribution in [0.15, 0.2) is 24.4 Å². The minimum atomic E-state index is -0.950. The lowest BCUT2D eigenvalue weighted by atomic mass is 10.0. The number of aliphatic hydroxyl groups is 1. The molecule has 0 aliphatic carbocycles. The molecule has 2 aromatic rings. The molecule has 7 heteroatoms. The van der Waals surface area contributed by atoms with Crippen molar-refractivity contribution < 1.29 is 18.7 Å². The number of hydrogen-bond acceptors (Lipinski definition) is 3. The Kier molecular flexibility index (Phi) is 4.03. The Hall–Kier alpha value is -2.28. The van der Waals surface area contributed by atoms with E-state index in [1.54, 1.807) is 11.1 Å². The van der Waals surface area contributed by atoms with E-state index in [1.165, 1.54) is 6.07 Å². The number of rotatable bonds is 2. The number of carbonyl (C=O) groups excluding carboxylic acids is 1. The summed E-state index contributed by atoms with van der Waals surface area (Å²) >= 11 is 0. The van der Waals surface area contributed by atoms with Gasteiger partial charge in [-0.3, -0.25) is 9.48 Å². The molecule has 25 heavy (non-hydrogen) atoms. The number of carbonyl (C=O) groups is 1. The first-order valence-corrected chi connectivity index (χ1v) is 8.53. The molecule has 0 saturated carbocycles. The third-order valence-corrected chi connectivity index (χ3v) is 5.08. The van der Waals surface area contributed by atoms with Crippen molar-refractivity contribution in [2.24, 2.45) is 0 Å². The van der Waals surface area contributed by atoms with Crippen LogP contribution < -0.4 is 0 Å². The van der Waals surface area contributed by atoms with E-state index in [0.717, 1.165) is 43.6 Å². The first kappa shape index (κ1) is 16.2. The molecule has 1 fully saturated rings. The lowest BCUT2D eigenvalue weighted by Gasteiger charge is -2.25. The molecule has 132 valence electrons. The van der Waals surface area contributed by atoms with Gasteiger partial charge in [-0.15, -0.1) is 0 Å². The predicted molar refractivity (Wildman–Crippen MR) is 85.9 cm³/mol. The van der Waals surface area contributed by atoms with Crippen LogP contribution in [-0.2, 0) is 13.0 Å². The monoisotopic (exact) mass is 347 g/mol. The van der Waals surface area contributed by atoms with E-state index < -0.39 is 23.8 Å². The van der Waals surface area contributed by atoms with Crippen LogP contribution >= 0.6 is 0 Å². The second-order valence-corrected chi connectivity index (χ2v) is 6.72. The standard InChI is InChI=1S/C18H19F2N3O2/c19-14-5-4-11(7-15(14)20)17-8-12(24)10-22(17)18(25)13-9-21-23-6-2-1-3-16(13)23/h4-5,7,9,12,17,24H,1-3,6,8,10H2. The van der Waals surface area contributed by atoms with Crippen molar-refractivity contribution in [3.63, 3.8) is 0 Å². The summed E-state index contributed by atoms with van der Waals surface area (Å²) in [4.78, 5) is 14.6. The third-order valence-electron chi connectivity index (χ3n) is 5.08. The van der Waals surface area contributed by atoms with Gasteiger partial charge in [-0.05, 0) is 43.4 Å². The number of benzene rings is 1. The predicted octanol–water partition coefficient (Wildman–Crippen LogP) is 2.45. The van der Waals surface area contributed by atoms with Crippen molar-refractivity contribution >= 4 is 5.91 Å². The average Bonchev–Trinajstić information content (AvgIpc) is 3.20. The molecule has 1 N–H and O–H groups in total. The minimum Gasteiger partial charge on any atom is -0.391 e. The van der Waals surface area contributed by atoms with E-state index in [2.05, 4.69) is 5.10 Å². The maximum atomic E-state index is 13.6. The summed E-state index contributed by atoms with van der Waals surface area (Å²) in [5.41, 5.74) is 1.95. The molecule has 1 aromatic carbocycles. The molecule has 2 unspecified atom stereocenters. The van der Waals surface area contributed by atoms with Crippen LogP contribution in [-0.4, -0.2) is 38.3 Å². The van der Waals surface area contributed by atoms with Gasteiger partial charge < -0.3 is 10.0 Å². The number of halogens is 2. The lowest BCUT2D eigenvalue weighted by Crippen LogP contribution is -2.32. The number of aliphatic hydroxyl groups excluding tert-OH is 1. The van der Waals surface area contributed by atoms with Crippen molar-refractivity contribution in [1.82, 2.24) is 14.7 Å².